The average Bonchev–Trinajstić information content (AvgIpc) is 2.49. The van der Waals surface area contributed by atoms with E-state index in [1.54, 1.807) is 0 Å². The second-order valence-electron chi connectivity index (χ2n) is 5.96. The predicted octanol–water partition coefficient (Wildman–Crippen LogP) is 5.94. The van der Waals surface area contributed by atoms with Gasteiger partial charge in [0.05, 0.1) is 0 Å². The summed E-state index contributed by atoms with van der Waals surface area (Å²) < 4.78 is 18.5. The van der Waals surface area contributed by atoms with E-state index in [0.29, 0.717) is 0 Å². The molecular formula is C18H38O2Sn. The Kier molecular flexibility index (Phi) is 14.4. The summed E-state index contributed by atoms with van der Waals surface area (Å²) in [6.07, 6.45) is 8.91. The summed E-state index contributed by atoms with van der Waals surface area (Å²) in [5.41, 5.74) is 0. The Bertz CT molecular complexity index is 240. The van der Waals surface area contributed by atoms with Crippen LogP contribution in [-0.4, -0.2) is 37.9 Å². The number of rotatable bonds is 14. The standard InChI is InChI=1S/C7H13O2.2C4H9.C3H7.Sn/c1-4-7(8-5-2)9-6-3;2*1-3-4-2;1-3-2;/h1,4,7H,5-6H2,2-3H3;2*1,3-4H2,2H3;1,3H2,2H3;. The summed E-state index contributed by atoms with van der Waals surface area (Å²) in [5, 5.41) is 0. The molecule has 21 heavy (non-hydrogen) atoms. The monoisotopic (exact) mass is 406 g/mol. The summed E-state index contributed by atoms with van der Waals surface area (Å²) >= 11 is -2.14. The Hall–Kier alpha value is 0.459. The van der Waals surface area contributed by atoms with Crippen molar-refractivity contribution in [3.8, 4) is 0 Å². The van der Waals surface area contributed by atoms with Crippen molar-refractivity contribution in [3.63, 3.8) is 0 Å². The van der Waals surface area contributed by atoms with Gasteiger partial charge in [-0.25, -0.2) is 0 Å². The summed E-state index contributed by atoms with van der Waals surface area (Å²) in [5.74, 6) is 0. The SMILES string of the molecule is CCC[CH2][Sn]([CH]=CC(OCC)OCC)([CH2]CC)[CH2]CCC. The van der Waals surface area contributed by atoms with Crippen LogP contribution in [0.2, 0.25) is 13.3 Å². The molecule has 2 nitrogen and oxygen atoms in total. The normalized spacial score (nSPS) is 12.7. The summed E-state index contributed by atoms with van der Waals surface area (Å²) in [4.78, 5) is 0. The van der Waals surface area contributed by atoms with Crippen molar-refractivity contribution in [3.05, 3.63) is 10.2 Å². The van der Waals surface area contributed by atoms with E-state index in [9.17, 15) is 0 Å². The van der Waals surface area contributed by atoms with Gasteiger partial charge in [0.15, 0.2) is 0 Å². The van der Waals surface area contributed by atoms with Crippen LogP contribution in [0, 0.1) is 0 Å². The van der Waals surface area contributed by atoms with Crippen LogP contribution in [0.3, 0.4) is 0 Å². The molecule has 0 aliphatic carbocycles. The van der Waals surface area contributed by atoms with Crippen LogP contribution in [0.4, 0.5) is 0 Å². The zero-order valence-corrected chi connectivity index (χ0v) is 18.0. The van der Waals surface area contributed by atoms with Crippen molar-refractivity contribution in [2.24, 2.45) is 0 Å². The molecule has 0 atom stereocenters. The fraction of sp³-hybridized carbons (Fsp3) is 0.889. The molecule has 0 saturated heterocycles. The molecule has 3 heteroatoms. The molecule has 0 aromatic heterocycles. The van der Waals surface area contributed by atoms with Crippen molar-refractivity contribution in [1.82, 2.24) is 0 Å². The van der Waals surface area contributed by atoms with E-state index in [4.69, 9.17) is 9.47 Å². The molecule has 126 valence electrons. The van der Waals surface area contributed by atoms with Crippen LogP contribution in [0.15, 0.2) is 10.2 Å². The second kappa shape index (κ2) is 14.1. The van der Waals surface area contributed by atoms with Gasteiger partial charge in [0.25, 0.3) is 0 Å². The average molecular weight is 405 g/mol. The third-order valence-corrected chi connectivity index (χ3v) is 18.6. The van der Waals surface area contributed by atoms with Gasteiger partial charge in [0, 0.05) is 0 Å². The van der Waals surface area contributed by atoms with Gasteiger partial charge in [-0.3, -0.25) is 0 Å². The molecule has 0 saturated carbocycles. The Morgan fingerprint density at radius 1 is 0.762 bits per heavy atom. The van der Waals surface area contributed by atoms with E-state index < -0.39 is 18.4 Å². The third kappa shape index (κ3) is 9.96. The first-order valence-corrected chi connectivity index (χ1v) is 16.8. The summed E-state index contributed by atoms with van der Waals surface area (Å²) in [7, 11) is 0. The van der Waals surface area contributed by atoms with Crippen LogP contribution < -0.4 is 0 Å². The minimum absolute atomic E-state index is 0.129. The Morgan fingerprint density at radius 2 is 1.29 bits per heavy atom. The van der Waals surface area contributed by atoms with Crippen LogP contribution in [0.1, 0.15) is 66.7 Å². The quantitative estimate of drug-likeness (QED) is 0.263. The molecule has 0 heterocycles. The number of hydrogen-bond acceptors (Lipinski definition) is 2. The van der Waals surface area contributed by atoms with Crippen molar-refractivity contribution >= 4 is 18.4 Å². The van der Waals surface area contributed by atoms with E-state index in [1.165, 1.54) is 45.4 Å². The summed E-state index contributed by atoms with van der Waals surface area (Å²) in [6.45, 7) is 12.5. The zero-order chi connectivity index (χ0) is 16.0. The first-order valence-electron chi connectivity index (χ1n) is 9.10. The van der Waals surface area contributed by atoms with Gasteiger partial charge < -0.3 is 0 Å². The number of ether oxygens (including phenoxy) is 2. The Balaban J connectivity index is 4.93. The topological polar surface area (TPSA) is 18.5 Å². The van der Waals surface area contributed by atoms with Crippen molar-refractivity contribution in [1.29, 1.82) is 0 Å². The predicted molar refractivity (Wildman–Crippen MR) is 96.5 cm³/mol. The maximum absolute atomic E-state index is 5.69. The third-order valence-electron chi connectivity index (χ3n) is 4.07. The van der Waals surface area contributed by atoms with Gasteiger partial charge >= 0.3 is 138 Å². The van der Waals surface area contributed by atoms with Gasteiger partial charge in [-0.05, 0) is 0 Å². The van der Waals surface area contributed by atoms with Gasteiger partial charge in [-0.15, -0.1) is 0 Å². The fourth-order valence-corrected chi connectivity index (χ4v) is 17.0. The molecule has 0 bridgehead atoms. The molecule has 0 aromatic carbocycles. The van der Waals surface area contributed by atoms with E-state index >= 15 is 0 Å². The van der Waals surface area contributed by atoms with E-state index in [1.807, 2.05) is 13.8 Å². The van der Waals surface area contributed by atoms with E-state index in [0.717, 1.165) is 13.2 Å². The fourth-order valence-electron chi connectivity index (χ4n) is 2.95. The van der Waals surface area contributed by atoms with Crippen molar-refractivity contribution < 1.29 is 9.47 Å². The molecule has 0 N–H and O–H groups in total. The second-order valence-corrected chi connectivity index (χ2v) is 19.0. The molecule has 0 rings (SSSR count). The van der Waals surface area contributed by atoms with Crippen LogP contribution in [-0.2, 0) is 9.47 Å². The van der Waals surface area contributed by atoms with E-state index in [2.05, 4.69) is 30.9 Å². The molecule has 0 radical (unpaired) electrons. The molecule has 0 aliphatic rings. The van der Waals surface area contributed by atoms with Gasteiger partial charge in [-0.1, -0.05) is 0 Å². The minimum atomic E-state index is -2.14. The van der Waals surface area contributed by atoms with Crippen LogP contribution in [0.25, 0.3) is 0 Å². The van der Waals surface area contributed by atoms with Crippen LogP contribution in [0.5, 0.6) is 0 Å². The van der Waals surface area contributed by atoms with E-state index in [-0.39, 0.29) is 6.29 Å². The Morgan fingerprint density at radius 3 is 1.67 bits per heavy atom. The number of hydrogen-bond donors (Lipinski definition) is 0. The Labute approximate surface area is 137 Å². The van der Waals surface area contributed by atoms with Gasteiger partial charge in [0.1, 0.15) is 0 Å². The first-order chi connectivity index (χ1) is 10.2. The van der Waals surface area contributed by atoms with Crippen LogP contribution >= 0.6 is 0 Å². The molecule has 0 fully saturated rings. The molecule has 0 aromatic rings. The van der Waals surface area contributed by atoms with Gasteiger partial charge in [0.2, 0.25) is 0 Å². The van der Waals surface area contributed by atoms with Crippen molar-refractivity contribution in [2.45, 2.75) is 86.3 Å². The molecule has 0 amide bonds. The number of unbranched alkanes of at least 4 members (excludes halogenated alkanes) is 2. The summed E-state index contributed by atoms with van der Waals surface area (Å²) in [6, 6.07) is 0. The molecule has 0 aliphatic heterocycles. The first kappa shape index (κ1) is 21.5. The molecule has 0 spiro atoms. The van der Waals surface area contributed by atoms with Crippen molar-refractivity contribution in [2.75, 3.05) is 13.2 Å². The molecule has 0 unspecified atom stereocenters. The zero-order valence-electron chi connectivity index (χ0n) is 15.1. The maximum atomic E-state index is 5.69. The van der Waals surface area contributed by atoms with Gasteiger partial charge in [-0.2, -0.15) is 0 Å². The molecular weight excluding hydrogens is 367 g/mol.